The van der Waals surface area contributed by atoms with Crippen molar-refractivity contribution in [1.82, 2.24) is 4.57 Å². The smallest absolute Gasteiger partial charge is 0.258 e. The molecule has 1 aromatic heterocycles. The first-order chi connectivity index (χ1) is 15.1. The normalized spacial score (nSPS) is 14.5. The van der Waals surface area contributed by atoms with Gasteiger partial charge in [0.25, 0.3) is 5.91 Å². The number of aryl methyl sites for hydroxylation is 1. The van der Waals surface area contributed by atoms with Gasteiger partial charge in [-0.15, -0.1) is 0 Å². The van der Waals surface area contributed by atoms with Gasteiger partial charge in [0.15, 0.2) is 0 Å². The number of carbonyl (C=O) groups excluding carboxylic acids is 1. The topological polar surface area (TPSA) is 34.5 Å². The van der Waals surface area contributed by atoms with Gasteiger partial charge in [0.1, 0.15) is 12.4 Å². The molecular formula is C27H24N2O2. The minimum Gasteiger partial charge on any atom is -0.491 e. The maximum atomic E-state index is 12.9. The van der Waals surface area contributed by atoms with E-state index in [1.165, 1.54) is 0 Å². The van der Waals surface area contributed by atoms with Crippen molar-refractivity contribution in [2.75, 3.05) is 18.6 Å². The molecule has 4 aromatic rings. The van der Waals surface area contributed by atoms with Crippen LogP contribution in [0.25, 0.3) is 22.6 Å². The first-order valence-corrected chi connectivity index (χ1v) is 10.5. The SMILES string of the molecule is Cc1ccccc1OCCn1cc(/C=C2/C(=O)N(C)c3ccccc32)c2ccccc21. The number of rotatable bonds is 5. The number of carbonyl (C=O) groups is 1. The molecule has 1 amide bonds. The second-order valence-corrected chi connectivity index (χ2v) is 7.85. The van der Waals surface area contributed by atoms with E-state index in [0.717, 1.165) is 51.1 Å². The molecule has 0 atom stereocenters. The summed E-state index contributed by atoms with van der Waals surface area (Å²) in [5.74, 6) is 0.943. The fourth-order valence-electron chi connectivity index (χ4n) is 4.24. The van der Waals surface area contributed by atoms with Crippen LogP contribution in [0.2, 0.25) is 0 Å². The molecule has 0 N–H and O–H groups in total. The molecule has 154 valence electrons. The van der Waals surface area contributed by atoms with Gasteiger partial charge >= 0.3 is 0 Å². The third-order valence-corrected chi connectivity index (χ3v) is 5.89. The number of hydrogen-bond acceptors (Lipinski definition) is 2. The maximum Gasteiger partial charge on any atom is 0.258 e. The minimum atomic E-state index is 0.0286. The maximum absolute atomic E-state index is 12.9. The Morgan fingerprint density at radius 1 is 0.935 bits per heavy atom. The molecule has 3 aromatic carbocycles. The zero-order valence-electron chi connectivity index (χ0n) is 17.7. The third kappa shape index (κ3) is 3.40. The lowest BCUT2D eigenvalue weighted by Crippen LogP contribution is -2.20. The van der Waals surface area contributed by atoms with Crippen molar-refractivity contribution in [3.05, 3.63) is 95.7 Å². The van der Waals surface area contributed by atoms with Crippen molar-refractivity contribution < 1.29 is 9.53 Å². The number of nitrogens with zero attached hydrogens (tertiary/aromatic N) is 2. The number of likely N-dealkylation sites (N-methyl/N-ethyl adjacent to an activating group) is 1. The van der Waals surface area contributed by atoms with Gasteiger partial charge in [0.2, 0.25) is 0 Å². The Bertz CT molecular complexity index is 1320. The number of amides is 1. The van der Waals surface area contributed by atoms with Gasteiger partial charge in [-0.2, -0.15) is 0 Å². The summed E-state index contributed by atoms with van der Waals surface area (Å²) in [5.41, 5.74) is 5.98. The van der Waals surface area contributed by atoms with E-state index in [4.69, 9.17) is 4.74 Å². The second kappa shape index (κ2) is 7.80. The zero-order chi connectivity index (χ0) is 21.4. The lowest BCUT2D eigenvalue weighted by molar-refractivity contribution is -0.112. The third-order valence-electron chi connectivity index (χ3n) is 5.89. The number of ether oxygens (including phenoxy) is 1. The van der Waals surface area contributed by atoms with E-state index in [1.54, 1.807) is 4.90 Å². The molecule has 4 heteroatoms. The van der Waals surface area contributed by atoms with Crippen LogP contribution in [0, 0.1) is 6.92 Å². The summed E-state index contributed by atoms with van der Waals surface area (Å²) < 4.78 is 8.22. The largest absolute Gasteiger partial charge is 0.491 e. The predicted molar refractivity (Wildman–Crippen MR) is 126 cm³/mol. The van der Waals surface area contributed by atoms with Crippen LogP contribution in [0.15, 0.2) is 79.0 Å². The van der Waals surface area contributed by atoms with E-state index < -0.39 is 0 Å². The summed E-state index contributed by atoms with van der Waals surface area (Å²) in [6.45, 7) is 3.35. The van der Waals surface area contributed by atoms with E-state index in [0.29, 0.717) is 6.61 Å². The highest BCUT2D eigenvalue weighted by Crippen LogP contribution is 2.37. The van der Waals surface area contributed by atoms with Crippen LogP contribution < -0.4 is 9.64 Å². The average molecular weight is 409 g/mol. The summed E-state index contributed by atoms with van der Waals surface area (Å²) in [7, 11) is 1.83. The van der Waals surface area contributed by atoms with Gasteiger partial charge in [0.05, 0.1) is 12.2 Å². The Labute approximate surface area is 182 Å². The number of fused-ring (bicyclic) bond motifs is 2. The quantitative estimate of drug-likeness (QED) is 0.406. The van der Waals surface area contributed by atoms with Crippen molar-refractivity contribution in [2.45, 2.75) is 13.5 Å². The summed E-state index contributed by atoms with van der Waals surface area (Å²) >= 11 is 0. The van der Waals surface area contributed by atoms with Crippen LogP contribution in [0.5, 0.6) is 5.75 Å². The summed E-state index contributed by atoms with van der Waals surface area (Å²) in [5, 5.41) is 1.13. The first-order valence-electron chi connectivity index (χ1n) is 10.5. The number of benzene rings is 3. The molecule has 0 unspecified atom stereocenters. The molecule has 0 saturated heterocycles. The van der Waals surface area contributed by atoms with E-state index in [9.17, 15) is 4.79 Å². The Hall–Kier alpha value is -3.79. The fourth-order valence-corrected chi connectivity index (χ4v) is 4.24. The highest BCUT2D eigenvalue weighted by molar-refractivity contribution is 6.36. The Kier molecular flexibility index (Phi) is 4.83. The summed E-state index contributed by atoms with van der Waals surface area (Å²) in [4.78, 5) is 14.6. The van der Waals surface area contributed by atoms with Crippen molar-refractivity contribution in [2.24, 2.45) is 0 Å². The van der Waals surface area contributed by atoms with E-state index in [2.05, 4.69) is 35.9 Å². The Balaban J connectivity index is 1.48. The number of hydrogen-bond donors (Lipinski definition) is 0. The van der Waals surface area contributed by atoms with Gasteiger partial charge in [-0.1, -0.05) is 54.6 Å². The first kappa shape index (κ1) is 19.2. The lowest BCUT2D eigenvalue weighted by Gasteiger charge is -2.10. The van der Waals surface area contributed by atoms with Crippen LogP contribution in [0.3, 0.4) is 0 Å². The van der Waals surface area contributed by atoms with Crippen LogP contribution in [-0.4, -0.2) is 24.1 Å². The molecule has 0 radical (unpaired) electrons. The van der Waals surface area contributed by atoms with Crippen molar-refractivity contribution >= 4 is 34.1 Å². The molecule has 4 nitrogen and oxygen atoms in total. The van der Waals surface area contributed by atoms with Crippen LogP contribution in [0.4, 0.5) is 5.69 Å². The molecule has 1 aliphatic heterocycles. The van der Waals surface area contributed by atoms with Gasteiger partial charge in [-0.05, 0) is 36.8 Å². The van der Waals surface area contributed by atoms with Crippen LogP contribution in [-0.2, 0) is 11.3 Å². The van der Waals surface area contributed by atoms with Gasteiger partial charge in [0, 0.05) is 40.8 Å². The Morgan fingerprint density at radius 2 is 1.68 bits per heavy atom. The average Bonchev–Trinajstić information content (AvgIpc) is 3.26. The van der Waals surface area contributed by atoms with Gasteiger partial charge < -0.3 is 14.2 Å². The number of para-hydroxylation sites is 3. The molecule has 0 bridgehead atoms. The minimum absolute atomic E-state index is 0.0286. The molecule has 0 saturated carbocycles. The van der Waals surface area contributed by atoms with E-state index in [1.807, 2.05) is 67.7 Å². The number of aromatic nitrogens is 1. The second-order valence-electron chi connectivity index (χ2n) is 7.85. The molecule has 2 heterocycles. The molecular weight excluding hydrogens is 384 g/mol. The molecule has 0 fully saturated rings. The molecule has 1 aliphatic rings. The molecule has 0 aliphatic carbocycles. The van der Waals surface area contributed by atoms with Crippen LogP contribution >= 0.6 is 0 Å². The standard InChI is InChI=1S/C27H24N2O2/c1-19-9-3-8-14-26(19)31-16-15-29-18-20(21-10-4-7-13-25(21)29)17-23-22-11-5-6-12-24(22)28(2)27(23)30/h3-14,17-18H,15-16H2,1-2H3/b23-17+. The van der Waals surface area contributed by atoms with E-state index >= 15 is 0 Å². The van der Waals surface area contributed by atoms with Crippen LogP contribution in [0.1, 0.15) is 16.7 Å². The van der Waals surface area contributed by atoms with Gasteiger partial charge in [-0.3, -0.25) is 4.79 Å². The Morgan fingerprint density at radius 3 is 2.55 bits per heavy atom. The molecule has 0 spiro atoms. The highest BCUT2D eigenvalue weighted by Gasteiger charge is 2.29. The van der Waals surface area contributed by atoms with E-state index in [-0.39, 0.29) is 5.91 Å². The summed E-state index contributed by atoms with van der Waals surface area (Å²) in [6.07, 6.45) is 4.14. The summed E-state index contributed by atoms with van der Waals surface area (Å²) in [6, 6.07) is 24.3. The highest BCUT2D eigenvalue weighted by atomic mass is 16.5. The van der Waals surface area contributed by atoms with Crippen molar-refractivity contribution in [3.63, 3.8) is 0 Å². The molecule has 31 heavy (non-hydrogen) atoms. The predicted octanol–water partition coefficient (Wildman–Crippen LogP) is 5.55. The fraction of sp³-hybridized carbons (Fsp3) is 0.148. The molecule has 5 rings (SSSR count). The number of anilines is 1. The van der Waals surface area contributed by atoms with Gasteiger partial charge in [-0.25, -0.2) is 0 Å². The van der Waals surface area contributed by atoms with Crippen molar-refractivity contribution in [1.29, 1.82) is 0 Å². The van der Waals surface area contributed by atoms with Crippen molar-refractivity contribution in [3.8, 4) is 5.75 Å². The zero-order valence-corrected chi connectivity index (χ0v) is 17.7. The monoisotopic (exact) mass is 408 g/mol. The lowest BCUT2D eigenvalue weighted by atomic mass is 10.0.